The Balaban J connectivity index is 2.33. The predicted octanol–water partition coefficient (Wildman–Crippen LogP) is 2.44. The molecule has 2 heterocycles. The van der Waals surface area contributed by atoms with Gasteiger partial charge in [-0.3, -0.25) is 0 Å². The molecule has 0 radical (unpaired) electrons. The Morgan fingerprint density at radius 3 is 3.07 bits per heavy atom. The summed E-state index contributed by atoms with van der Waals surface area (Å²) in [6.07, 6.45) is 2.52. The van der Waals surface area contributed by atoms with Crippen LogP contribution in [-0.4, -0.2) is 21.7 Å². The fourth-order valence-corrected chi connectivity index (χ4v) is 2.83. The fourth-order valence-electron chi connectivity index (χ4n) is 1.17. The third kappa shape index (κ3) is 1.89. The average Bonchev–Trinajstić information content (AvgIpc) is 2.76. The van der Waals surface area contributed by atoms with E-state index in [0.717, 1.165) is 20.2 Å². The molecule has 74 valence electrons. The average molecular weight is 273 g/mol. The van der Waals surface area contributed by atoms with Gasteiger partial charge >= 0.3 is 0 Å². The van der Waals surface area contributed by atoms with Crippen LogP contribution in [0.3, 0.4) is 0 Å². The van der Waals surface area contributed by atoms with Crippen LogP contribution in [0.15, 0.2) is 22.9 Å². The van der Waals surface area contributed by atoms with Crippen LogP contribution in [0.25, 0.3) is 10.7 Å². The van der Waals surface area contributed by atoms with Crippen LogP contribution in [0, 0.1) is 0 Å². The molecular weight excluding hydrogens is 264 g/mol. The van der Waals surface area contributed by atoms with Crippen LogP contribution in [0.4, 0.5) is 0 Å². The van der Waals surface area contributed by atoms with Gasteiger partial charge in [0.05, 0.1) is 5.69 Å². The molecule has 0 unspecified atom stereocenters. The fraction of sp³-hybridized carbons (Fsp3) is 0.222. The number of hydrogen-bond donors (Lipinski definition) is 2. The second-order valence-corrected chi connectivity index (χ2v) is 4.63. The summed E-state index contributed by atoms with van der Waals surface area (Å²) in [5.41, 5.74) is 1.01. The van der Waals surface area contributed by atoms with Crippen LogP contribution in [-0.2, 0) is 6.42 Å². The van der Waals surface area contributed by atoms with Gasteiger partial charge < -0.3 is 10.1 Å². The third-order valence-electron chi connectivity index (χ3n) is 1.82. The number of aromatic amines is 1. The molecule has 2 aromatic rings. The number of aromatic nitrogens is 2. The van der Waals surface area contributed by atoms with Gasteiger partial charge in [0.1, 0.15) is 9.61 Å². The van der Waals surface area contributed by atoms with Crippen molar-refractivity contribution in [1.29, 1.82) is 0 Å². The first-order chi connectivity index (χ1) is 6.81. The first-order valence-electron chi connectivity index (χ1n) is 4.21. The van der Waals surface area contributed by atoms with Gasteiger partial charge in [0.25, 0.3) is 0 Å². The van der Waals surface area contributed by atoms with E-state index < -0.39 is 0 Å². The number of thiazole rings is 1. The Bertz CT molecular complexity index is 410. The summed E-state index contributed by atoms with van der Waals surface area (Å²) >= 11 is 4.97. The van der Waals surface area contributed by atoms with E-state index >= 15 is 0 Å². The van der Waals surface area contributed by atoms with Gasteiger partial charge in [-0.15, -0.1) is 11.3 Å². The zero-order valence-corrected chi connectivity index (χ0v) is 9.73. The van der Waals surface area contributed by atoms with Crippen molar-refractivity contribution < 1.29 is 5.11 Å². The molecule has 0 aromatic carbocycles. The predicted molar refractivity (Wildman–Crippen MR) is 60.4 cm³/mol. The molecule has 0 bridgehead atoms. The minimum atomic E-state index is 0.158. The summed E-state index contributed by atoms with van der Waals surface area (Å²) in [5, 5.41) is 9.78. The molecule has 3 nitrogen and oxygen atoms in total. The lowest BCUT2D eigenvalue weighted by Gasteiger charge is -1.89. The second kappa shape index (κ2) is 4.25. The highest BCUT2D eigenvalue weighted by Crippen LogP contribution is 2.30. The van der Waals surface area contributed by atoms with Crippen LogP contribution >= 0.6 is 27.3 Å². The highest BCUT2D eigenvalue weighted by atomic mass is 79.9. The van der Waals surface area contributed by atoms with E-state index in [0.29, 0.717) is 6.42 Å². The van der Waals surface area contributed by atoms with E-state index in [1.807, 2.05) is 18.3 Å². The molecule has 0 amide bonds. The molecule has 0 atom stereocenters. The minimum absolute atomic E-state index is 0.158. The molecule has 0 aliphatic heterocycles. The van der Waals surface area contributed by atoms with Crippen LogP contribution in [0.2, 0.25) is 0 Å². The largest absolute Gasteiger partial charge is 0.396 e. The number of aliphatic hydroxyl groups is 1. The topological polar surface area (TPSA) is 48.9 Å². The van der Waals surface area contributed by atoms with Gasteiger partial charge in [-0.2, -0.15) is 0 Å². The molecule has 2 N–H and O–H groups in total. The quantitative estimate of drug-likeness (QED) is 0.902. The maximum Gasteiger partial charge on any atom is 0.141 e. The number of rotatable bonds is 3. The lowest BCUT2D eigenvalue weighted by Crippen LogP contribution is -1.86. The van der Waals surface area contributed by atoms with Crippen molar-refractivity contribution in [2.75, 3.05) is 6.61 Å². The summed E-state index contributed by atoms with van der Waals surface area (Å²) in [7, 11) is 0. The van der Waals surface area contributed by atoms with Crippen molar-refractivity contribution in [3.63, 3.8) is 0 Å². The molecule has 0 saturated carbocycles. The zero-order chi connectivity index (χ0) is 9.97. The first-order valence-corrected chi connectivity index (χ1v) is 5.82. The second-order valence-electron chi connectivity index (χ2n) is 2.79. The molecule has 14 heavy (non-hydrogen) atoms. The number of halogens is 1. The van der Waals surface area contributed by atoms with Crippen molar-refractivity contribution in [2.45, 2.75) is 6.42 Å². The zero-order valence-electron chi connectivity index (χ0n) is 7.33. The molecule has 2 rings (SSSR count). The van der Waals surface area contributed by atoms with E-state index in [1.54, 1.807) is 11.3 Å². The maximum atomic E-state index is 8.83. The van der Waals surface area contributed by atoms with Crippen LogP contribution in [0.5, 0.6) is 0 Å². The Kier molecular flexibility index (Phi) is 3.00. The van der Waals surface area contributed by atoms with E-state index in [-0.39, 0.29) is 6.61 Å². The molecule has 0 fully saturated rings. The van der Waals surface area contributed by atoms with E-state index in [2.05, 4.69) is 25.9 Å². The molecule has 2 aromatic heterocycles. The van der Waals surface area contributed by atoms with Crippen LogP contribution in [0.1, 0.15) is 4.88 Å². The lowest BCUT2D eigenvalue weighted by molar-refractivity contribution is 0.300. The summed E-state index contributed by atoms with van der Waals surface area (Å²) in [6, 6.07) is 3.92. The molecule has 0 aliphatic carbocycles. The normalized spacial score (nSPS) is 10.7. The van der Waals surface area contributed by atoms with Crippen molar-refractivity contribution in [3.8, 4) is 10.7 Å². The summed E-state index contributed by atoms with van der Waals surface area (Å²) in [4.78, 5) is 8.55. The third-order valence-corrected chi connectivity index (χ3v) is 3.88. The highest BCUT2D eigenvalue weighted by molar-refractivity contribution is 9.10. The van der Waals surface area contributed by atoms with Gasteiger partial charge in [0.2, 0.25) is 0 Å². The van der Waals surface area contributed by atoms with Crippen molar-refractivity contribution >= 4 is 27.3 Å². The van der Waals surface area contributed by atoms with Gasteiger partial charge in [-0.1, -0.05) is 0 Å². The Morgan fingerprint density at radius 2 is 2.43 bits per heavy atom. The Morgan fingerprint density at radius 1 is 1.57 bits per heavy atom. The summed E-state index contributed by atoms with van der Waals surface area (Å²) in [5.74, 6) is 0. The Labute approximate surface area is 93.9 Å². The van der Waals surface area contributed by atoms with E-state index in [4.69, 9.17) is 5.11 Å². The lowest BCUT2D eigenvalue weighted by atomic mass is 10.4. The first kappa shape index (κ1) is 9.89. The molecule has 0 saturated heterocycles. The van der Waals surface area contributed by atoms with Gasteiger partial charge in [0.15, 0.2) is 0 Å². The van der Waals surface area contributed by atoms with Crippen molar-refractivity contribution in [2.24, 2.45) is 0 Å². The minimum Gasteiger partial charge on any atom is -0.396 e. The standard InChI is InChI=1S/C9H9BrN2OS/c10-8-7(3-5-13)14-9(12-8)6-2-1-4-11-6/h1-2,4,11,13H,3,5H2. The number of hydrogen-bond acceptors (Lipinski definition) is 3. The van der Waals surface area contributed by atoms with Gasteiger partial charge in [-0.25, -0.2) is 4.98 Å². The van der Waals surface area contributed by atoms with E-state index in [1.165, 1.54) is 0 Å². The smallest absolute Gasteiger partial charge is 0.141 e. The van der Waals surface area contributed by atoms with Gasteiger partial charge in [-0.05, 0) is 28.1 Å². The highest BCUT2D eigenvalue weighted by Gasteiger charge is 2.09. The number of aliphatic hydroxyl groups excluding tert-OH is 1. The summed E-state index contributed by atoms with van der Waals surface area (Å²) < 4.78 is 0.834. The van der Waals surface area contributed by atoms with Crippen molar-refractivity contribution in [3.05, 3.63) is 27.8 Å². The number of nitrogens with one attached hydrogen (secondary N) is 1. The Hall–Kier alpha value is -0.650. The number of nitrogens with zero attached hydrogens (tertiary/aromatic N) is 1. The molecule has 0 spiro atoms. The van der Waals surface area contributed by atoms with E-state index in [9.17, 15) is 0 Å². The van der Waals surface area contributed by atoms with Crippen molar-refractivity contribution in [1.82, 2.24) is 9.97 Å². The number of H-pyrrole nitrogens is 1. The molecule has 5 heteroatoms. The maximum absolute atomic E-state index is 8.83. The van der Waals surface area contributed by atoms with Gasteiger partial charge in [0, 0.05) is 24.1 Å². The monoisotopic (exact) mass is 272 g/mol. The molecular formula is C9H9BrN2OS. The van der Waals surface area contributed by atoms with Crippen LogP contribution < -0.4 is 0 Å². The summed E-state index contributed by atoms with van der Waals surface area (Å²) in [6.45, 7) is 0.158. The SMILES string of the molecule is OCCc1sc(-c2ccc[nH]2)nc1Br. The molecule has 0 aliphatic rings.